The molecule has 0 fully saturated rings. The highest BCUT2D eigenvalue weighted by Crippen LogP contribution is 2.14. The van der Waals surface area contributed by atoms with Gasteiger partial charge in [-0.3, -0.25) is 0 Å². The Morgan fingerprint density at radius 1 is 1.40 bits per heavy atom. The second-order valence-electron chi connectivity index (χ2n) is 3.60. The van der Waals surface area contributed by atoms with Gasteiger partial charge in [0.2, 0.25) is 0 Å². The van der Waals surface area contributed by atoms with Gasteiger partial charge in [0.25, 0.3) is 0 Å². The number of carboxylic acid groups (broad SMARTS) is 1. The highest BCUT2D eigenvalue weighted by molar-refractivity contribution is 5.86. The molecule has 1 rings (SSSR count). The molecule has 0 aliphatic carbocycles. The fourth-order valence-electron chi connectivity index (χ4n) is 1.24. The molecule has 1 N–H and O–H groups in total. The van der Waals surface area contributed by atoms with Gasteiger partial charge in [0, 0.05) is 24.9 Å². The van der Waals surface area contributed by atoms with Crippen molar-refractivity contribution in [3.8, 4) is 0 Å². The number of anilines is 1. The van der Waals surface area contributed by atoms with Crippen molar-refractivity contribution < 1.29 is 9.90 Å². The van der Waals surface area contributed by atoms with E-state index >= 15 is 0 Å². The normalized spacial score (nSPS) is 9.73. The van der Waals surface area contributed by atoms with Crippen LogP contribution in [-0.4, -0.2) is 24.7 Å². The Bertz CT molecular complexity index is 368. The minimum absolute atomic E-state index is 0.193. The van der Waals surface area contributed by atoms with Crippen molar-refractivity contribution >= 4 is 11.7 Å². The average molecular weight is 205 g/mol. The molecule has 0 saturated heterocycles. The van der Waals surface area contributed by atoms with Gasteiger partial charge >= 0.3 is 5.97 Å². The van der Waals surface area contributed by atoms with Crippen LogP contribution in [0.1, 0.15) is 5.56 Å². The molecular weight excluding hydrogens is 190 g/mol. The van der Waals surface area contributed by atoms with E-state index in [0.717, 1.165) is 5.69 Å². The van der Waals surface area contributed by atoms with Crippen molar-refractivity contribution in [2.45, 2.75) is 6.92 Å². The summed E-state index contributed by atoms with van der Waals surface area (Å²) in [6.45, 7) is 5.84. The lowest BCUT2D eigenvalue weighted by atomic mass is 10.2. The maximum atomic E-state index is 10.6. The molecule has 0 heterocycles. The number of aliphatic carboxylic acids is 1. The standard InChI is InChI=1S/C12H15NO2/c1-9-4-6-11(7-5-9)13(3)8-10(2)12(14)15/h4-7H,2,8H2,1,3H3,(H,14,15). The number of carbonyl (C=O) groups is 1. The summed E-state index contributed by atoms with van der Waals surface area (Å²) >= 11 is 0. The van der Waals surface area contributed by atoms with Crippen LogP contribution >= 0.6 is 0 Å². The van der Waals surface area contributed by atoms with Gasteiger partial charge in [-0.1, -0.05) is 24.3 Å². The largest absolute Gasteiger partial charge is 0.478 e. The minimum atomic E-state index is -0.950. The summed E-state index contributed by atoms with van der Waals surface area (Å²) in [5.74, 6) is -0.950. The lowest BCUT2D eigenvalue weighted by Gasteiger charge is -2.19. The predicted molar refractivity (Wildman–Crippen MR) is 61.2 cm³/mol. The van der Waals surface area contributed by atoms with Gasteiger partial charge in [-0.05, 0) is 19.1 Å². The number of hydrogen-bond acceptors (Lipinski definition) is 2. The Balaban J connectivity index is 2.69. The zero-order valence-electron chi connectivity index (χ0n) is 9.03. The van der Waals surface area contributed by atoms with E-state index in [4.69, 9.17) is 5.11 Å². The first-order valence-corrected chi connectivity index (χ1v) is 4.69. The Labute approximate surface area is 89.6 Å². The van der Waals surface area contributed by atoms with E-state index in [2.05, 4.69) is 6.58 Å². The second kappa shape index (κ2) is 4.64. The van der Waals surface area contributed by atoms with E-state index in [1.165, 1.54) is 5.56 Å². The van der Waals surface area contributed by atoms with E-state index in [-0.39, 0.29) is 5.57 Å². The number of rotatable bonds is 4. The van der Waals surface area contributed by atoms with Crippen molar-refractivity contribution in [2.24, 2.45) is 0 Å². The highest BCUT2D eigenvalue weighted by Gasteiger charge is 2.07. The van der Waals surface area contributed by atoms with Gasteiger partial charge in [-0.25, -0.2) is 4.79 Å². The zero-order valence-corrected chi connectivity index (χ0v) is 9.03. The first-order chi connectivity index (χ1) is 7.00. The second-order valence-corrected chi connectivity index (χ2v) is 3.60. The van der Waals surface area contributed by atoms with Gasteiger partial charge in [-0.2, -0.15) is 0 Å². The maximum absolute atomic E-state index is 10.6. The summed E-state index contributed by atoms with van der Waals surface area (Å²) < 4.78 is 0. The molecule has 0 bridgehead atoms. The molecule has 0 aliphatic rings. The fraction of sp³-hybridized carbons (Fsp3) is 0.250. The van der Waals surface area contributed by atoms with Crippen LogP contribution in [0.4, 0.5) is 5.69 Å². The Hall–Kier alpha value is -1.77. The van der Waals surface area contributed by atoms with Crippen molar-refractivity contribution in [3.05, 3.63) is 42.0 Å². The van der Waals surface area contributed by atoms with Crippen molar-refractivity contribution in [3.63, 3.8) is 0 Å². The molecule has 0 atom stereocenters. The number of aryl methyl sites for hydroxylation is 1. The van der Waals surface area contributed by atoms with Crippen LogP contribution in [0.2, 0.25) is 0 Å². The topological polar surface area (TPSA) is 40.5 Å². The molecule has 15 heavy (non-hydrogen) atoms. The number of carboxylic acids is 1. The zero-order chi connectivity index (χ0) is 11.4. The van der Waals surface area contributed by atoms with Crippen molar-refractivity contribution in [1.29, 1.82) is 0 Å². The van der Waals surface area contributed by atoms with E-state index in [1.807, 2.05) is 43.1 Å². The van der Waals surface area contributed by atoms with Crippen LogP contribution in [0.25, 0.3) is 0 Å². The summed E-state index contributed by atoms with van der Waals surface area (Å²) in [5.41, 5.74) is 2.37. The SMILES string of the molecule is C=C(CN(C)c1ccc(C)cc1)C(=O)O. The molecule has 0 aliphatic heterocycles. The molecule has 0 saturated carbocycles. The van der Waals surface area contributed by atoms with Crippen LogP contribution in [0.15, 0.2) is 36.4 Å². The lowest BCUT2D eigenvalue weighted by molar-refractivity contribution is -0.132. The van der Waals surface area contributed by atoms with Crippen LogP contribution in [0.3, 0.4) is 0 Å². The third-order valence-electron chi connectivity index (χ3n) is 2.21. The van der Waals surface area contributed by atoms with Crippen LogP contribution in [0.5, 0.6) is 0 Å². The number of benzene rings is 1. The molecule has 1 aromatic carbocycles. The number of nitrogens with zero attached hydrogens (tertiary/aromatic N) is 1. The van der Waals surface area contributed by atoms with Gasteiger partial charge < -0.3 is 10.0 Å². The Morgan fingerprint density at radius 3 is 2.40 bits per heavy atom. The van der Waals surface area contributed by atoms with Crippen molar-refractivity contribution in [2.75, 3.05) is 18.5 Å². The number of hydrogen-bond donors (Lipinski definition) is 1. The summed E-state index contributed by atoms with van der Waals surface area (Å²) in [6.07, 6.45) is 0. The molecular formula is C12H15NO2. The molecule has 0 amide bonds. The predicted octanol–water partition coefficient (Wildman–Crippen LogP) is 2.07. The summed E-state index contributed by atoms with van der Waals surface area (Å²) in [4.78, 5) is 12.5. The quantitative estimate of drug-likeness (QED) is 0.765. The molecule has 0 aromatic heterocycles. The average Bonchev–Trinajstić information content (AvgIpc) is 2.18. The monoisotopic (exact) mass is 205 g/mol. The molecule has 80 valence electrons. The highest BCUT2D eigenvalue weighted by atomic mass is 16.4. The maximum Gasteiger partial charge on any atom is 0.332 e. The fourth-order valence-corrected chi connectivity index (χ4v) is 1.24. The summed E-state index contributed by atoms with van der Waals surface area (Å²) in [5, 5.41) is 8.70. The van der Waals surface area contributed by atoms with Crippen LogP contribution in [0, 0.1) is 6.92 Å². The van der Waals surface area contributed by atoms with Gasteiger partial charge in [0.15, 0.2) is 0 Å². The van der Waals surface area contributed by atoms with E-state index in [1.54, 1.807) is 0 Å². The Morgan fingerprint density at radius 2 is 1.93 bits per heavy atom. The van der Waals surface area contributed by atoms with Crippen molar-refractivity contribution in [1.82, 2.24) is 0 Å². The third kappa shape index (κ3) is 3.13. The van der Waals surface area contributed by atoms with Crippen LogP contribution < -0.4 is 4.90 Å². The Kier molecular flexibility index (Phi) is 3.50. The molecule has 0 unspecified atom stereocenters. The summed E-state index contributed by atoms with van der Waals surface area (Å²) in [7, 11) is 1.85. The molecule has 3 nitrogen and oxygen atoms in total. The lowest BCUT2D eigenvalue weighted by Crippen LogP contribution is -2.22. The first kappa shape index (κ1) is 11.3. The van der Waals surface area contributed by atoms with Crippen LogP contribution in [-0.2, 0) is 4.79 Å². The minimum Gasteiger partial charge on any atom is -0.478 e. The van der Waals surface area contributed by atoms with E-state index < -0.39 is 5.97 Å². The van der Waals surface area contributed by atoms with Gasteiger partial charge in [0.05, 0.1) is 0 Å². The molecule has 0 spiro atoms. The smallest absolute Gasteiger partial charge is 0.332 e. The van der Waals surface area contributed by atoms with E-state index in [0.29, 0.717) is 6.54 Å². The first-order valence-electron chi connectivity index (χ1n) is 4.69. The molecule has 3 heteroatoms. The number of likely N-dealkylation sites (N-methyl/N-ethyl adjacent to an activating group) is 1. The summed E-state index contributed by atoms with van der Waals surface area (Å²) in [6, 6.07) is 7.92. The molecule has 0 radical (unpaired) electrons. The van der Waals surface area contributed by atoms with E-state index in [9.17, 15) is 4.79 Å². The van der Waals surface area contributed by atoms with Gasteiger partial charge in [0.1, 0.15) is 0 Å². The third-order valence-corrected chi connectivity index (χ3v) is 2.21. The molecule has 1 aromatic rings. The van der Waals surface area contributed by atoms with Gasteiger partial charge in [-0.15, -0.1) is 0 Å².